The van der Waals surface area contributed by atoms with Gasteiger partial charge in [0.05, 0.1) is 18.7 Å². The number of hydrogen-bond acceptors (Lipinski definition) is 6. The number of rotatable bonds is 2. The predicted molar refractivity (Wildman–Crippen MR) is 81.7 cm³/mol. The van der Waals surface area contributed by atoms with Crippen LogP contribution in [0.5, 0.6) is 0 Å². The van der Waals surface area contributed by atoms with Gasteiger partial charge in [0.2, 0.25) is 11.7 Å². The van der Waals surface area contributed by atoms with Crippen LogP contribution in [0.3, 0.4) is 0 Å². The molecule has 4 rings (SSSR count). The van der Waals surface area contributed by atoms with E-state index in [1.165, 1.54) is 0 Å². The van der Waals surface area contributed by atoms with Crippen LogP contribution >= 0.6 is 0 Å². The Morgan fingerprint density at radius 2 is 2.05 bits per heavy atom. The second-order valence-electron chi connectivity index (χ2n) is 5.34. The van der Waals surface area contributed by atoms with Crippen LogP contribution in [-0.4, -0.2) is 34.8 Å². The van der Waals surface area contributed by atoms with E-state index < -0.39 is 0 Å². The van der Waals surface area contributed by atoms with Crippen molar-refractivity contribution in [3.05, 3.63) is 48.1 Å². The number of ether oxygens (including phenoxy) is 1. The first-order valence-corrected chi connectivity index (χ1v) is 7.32. The van der Waals surface area contributed by atoms with Crippen molar-refractivity contribution < 1.29 is 9.26 Å². The lowest BCUT2D eigenvalue weighted by atomic mass is 10.2. The van der Waals surface area contributed by atoms with Gasteiger partial charge in [-0.1, -0.05) is 23.4 Å². The summed E-state index contributed by atoms with van der Waals surface area (Å²) in [5, 5.41) is 5.10. The van der Waals surface area contributed by atoms with Crippen molar-refractivity contribution in [2.75, 3.05) is 24.6 Å². The topological polar surface area (TPSA) is 64.3 Å². The van der Waals surface area contributed by atoms with Crippen molar-refractivity contribution in [1.29, 1.82) is 0 Å². The van der Waals surface area contributed by atoms with Crippen molar-refractivity contribution in [3.63, 3.8) is 0 Å². The van der Waals surface area contributed by atoms with Gasteiger partial charge in [-0.05, 0) is 18.2 Å². The molecule has 1 saturated heterocycles. The normalized spacial score (nSPS) is 18.8. The maximum atomic E-state index is 5.76. The molecule has 0 unspecified atom stereocenters. The molecule has 1 fully saturated rings. The Labute approximate surface area is 127 Å². The number of para-hydroxylation sites is 1. The average Bonchev–Trinajstić information content (AvgIpc) is 3.01. The second kappa shape index (κ2) is 5.38. The first-order valence-electron chi connectivity index (χ1n) is 7.32. The van der Waals surface area contributed by atoms with E-state index in [4.69, 9.17) is 14.2 Å². The van der Waals surface area contributed by atoms with Gasteiger partial charge < -0.3 is 14.2 Å². The van der Waals surface area contributed by atoms with Crippen LogP contribution in [0.4, 0.5) is 5.82 Å². The molecule has 0 aliphatic carbocycles. The van der Waals surface area contributed by atoms with Gasteiger partial charge in [-0.15, -0.1) is 0 Å². The summed E-state index contributed by atoms with van der Waals surface area (Å²) in [6.07, 6.45) is -0.181. The molecule has 6 heteroatoms. The highest BCUT2D eigenvalue weighted by Gasteiger charge is 2.26. The summed E-state index contributed by atoms with van der Waals surface area (Å²) in [5.41, 5.74) is 0.999. The summed E-state index contributed by atoms with van der Waals surface area (Å²) in [6.45, 7) is 3.87. The number of morpholine rings is 1. The Balaban J connectivity index is 1.60. The Morgan fingerprint density at radius 3 is 2.91 bits per heavy atom. The van der Waals surface area contributed by atoms with Gasteiger partial charge in [0.1, 0.15) is 11.9 Å². The maximum absolute atomic E-state index is 5.76. The van der Waals surface area contributed by atoms with E-state index in [1.54, 1.807) is 6.92 Å². The smallest absolute Gasteiger partial charge is 0.223 e. The molecule has 0 bridgehead atoms. The molecule has 1 atom stereocenters. The van der Waals surface area contributed by atoms with Gasteiger partial charge in [-0.2, -0.15) is 4.98 Å². The number of hydrogen-bond donors (Lipinski definition) is 0. The van der Waals surface area contributed by atoms with Crippen molar-refractivity contribution in [1.82, 2.24) is 15.1 Å². The highest BCUT2D eigenvalue weighted by molar-refractivity contribution is 5.80. The van der Waals surface area contributed by atoms with Crippen LogP contribution < -0.4 is 4.90 Å². The number of pyridine rings is 1. The molecule has 0 radical (unpaired) electrons. The van der Waals surface area contributed by atoms with E-state index in [1.807, 2.05) is 24.3 Å². The number of benzene rings is 1. The zero-order valence-corrected chi connectivity index (χ0v) is 12.3. The minimum absolute atomic E-state index is 0.181. The predicted octanol–water partition coefficient (Wildman–Crippen LogP) is 2.50. The lowest BCUT2D eigenvalue weighted by molar-refractivity contribution is 0.0324. The highest BCUT2D eigenvalue weighted by atomic mass is 16.5. The van der Waals surface area contributed by atoms with Gasteiger partial charge in [-0.25, -0.2) is 4.98 Å². The fourth-order valence-electron chi connectivity index (χ4n) is 2.69. The van der Waals surface area contributed by atoms with E-state index in [2.05, 4.69) is 27.2 Å². The van der Waals surface area contributed by atoms with Crippen LogP contribution in [0.2, 0.25) is 0 Å². The van der Waals surface area contributed by atoms with E-state index in [0.717, 1.165) is 23.3 Å². The zero-order chi connectivity index (χ0) is 14.9. The minimum Gasteiger partial charge on any atom is -0.366 e. The average molecular weight is 296 g/mol. The van der Waals surface area contributed by atoms with Gasteiger partial charge >= 0.3 is 0 Å². The molecule has 1 aliphatic heterocycles. The van der Waals surface area contributed by atoms with Crippen molar-refractivity contribution in [2.24, 2.45) is 0 Å². The second-order valence-corrected chi connectivity index (χ2v) is 5.34. The summed E-state index contributed by atoms with van der Waals surface area (Å²) in [4.78, 5) is 11.2. The summed E-state index contributed by atoms with van der Waals surface area (Å²) < 4.78 is 10.8. The summed E-state index contributed by atoms with van der Waals surface area (Å²) in [7, 11) is 0. The standard InChI is InChI=1S/C16H16N4O2/c1-11-17-16(19-22-11)14-10-20(8-9-21-14)15-7-6-12-4-2-3-5-13(12)18-15/h2-7,14H,8-10H2,1H3/t14-/m1/s1. The lowest BCUT2D eigenvalue weighted by Crippen LogP contribution is -2.39. The quantitative estimate of drug-likeness (QED) is 0.724. The van der Waals surface area contributed by atoms with Crippen LogP contribution in [0, 0.1) is 6.92 Å². The Bertz CT molecular complexity index is 801. The van der Waals surface area contributed by atoms with E-state index in [9.17, 15) is 0 Å². The molecule has 6 nitrogen and oxygen atoms in total. The SMILES string of the molecule is Cc1nc([C@H]2CN(c3ccc4ccccc4n3)CCO2)no1. The van der Waals surface area contributed by atoms with Crippen LogP contribution in [0.1, 0.15) is 17.8 Å². The number of nitrogens with zero attached hydrogens (tertiary/aromatic N) is 4. The van der Waals surface area contributed by atoms with Crippen LogP contribution in [0.25, 0.3) is 10.9 Å². The monoisotopic (exact) mass is 296 g/mol. The molecule has 0 N–H and O–H groups in total. The van der Waals surface area contributed by atoms with Gasteiger partial charge in [0, 0.05) is 18.9 Å². The summed E-state index contributed by atoms with van der Waals surface area (Å²) >= 11 is 0. The molecule has 2 aromatic heterocycles. The van der Waals surface area contributed by atoms with Gasteiger partial charge in [0.15, 0.2) is 0 Å². The van der Waals surface area contributed by atoms with Gasteiger partial charge in [-0.3, -0.25) is 0 Å². The zero-order valence-electron chi connectivity index (χ0n) is 12.3. The molecular weight excluding hydrogens is 280 g/mol. The molecular formula is C16H16N4O2. The molecule has 0 spiro atoms. The number of aryl methyl sites for hydroxylation is 1. The van der Waals surface area contributed by atoms with Crippen molar-refractivity contribution >= 4 is 16.7 Å². The maximum Gasteiger partial charge on any atom is 0.223 e. The third-order valence-corrected chi connectivity index (χ3v) is 3.81. The molecule has 112 valence electrons. The fraction of sp³-hybridized carbons (Fsp3) is 0.312. The minimum atomic E-state index is -0.181. The van der Waals surface area contributed by atoms with E-state index in [0.29, 0.717) is 24.9 Å². The third-order valence-electron chi connectivity index (χ3n) is 3.81. The fourth-order valence-corrected chi connectivity index (χ4v) is 2.69. The van der Waals surface area contributed by atoms with Gasteiger partial charge in [0.25, 0.3) is 0 Å². The Hall–Kier alpha value is -2.47. The number of anilines is 1. The third kappa shape index (κ3) is 2.42. The molecule has 22 heavy (non-hydrogen) atoms. The molecule has 1 aromatic carbocycles. The lowest BCUT2D eigenvalue weighted by Gasteiger charge is -2.32. The van der Waals surface area contributed by atoms with E-state index >= 15 is 0 Å². The Morgan fingerprint density at radius 1 is 1.14 bits per heavy atom. The highest BCUT2D eigenvalue weighted by Crippen LogP contribution is 2.25. The first kappa shape index (κ1) is 13.2. The van der Waals surface area contributed by atoms with Crippen molar-refractivity contribution in [2.45, 2.75) is 13.0 Å². The Kier molecular flexibility index (Phi) is 3.23. The largest absolute Gasteiger partial charge is 0.366 e. The van der Waals surface area contributed by atoms with Crippen LogP contribution in [0.15, 0.2) is 40.9 Å². The molecule has 1 aliphatic rings. The molecule has 0 saturated carbocycles. The number of fused-ring (bicyclic) bond motifs is 1. The molecule has 3 aromatic rings. The first-order chi connectivity index (χ1) is 10.8. The van der Waals surface area contributed by atoms with Crippen molar-refractivity contribution in [3.8, 4) is 0 Å². The summed E-state index contributed by atoms with van der Waals surface area (Å²) in [6, 6.07) is 12.3. The van der Waals surface area contributed by atoms with E-state index in [-0.39, 0.29) is 6.10 Å². The van der Waals surface area contributed by atoms with Crippen LogP contribution in [-0.2, 0) is 4.74 Å². The summed E-state index contributed by atoms with van der Waals surface area (Å²) in [5.74, 6) is 2.11. The molecule has 3 heterocycles. The number of aromatic nitrogens is 3. The molecule has 0 amide bonds.